The molecule has 26 heavy (non-hydrogen) atoms. The van der Waals surface area contributed by atoms with Gasteiger partial charge >= 0.3 is 5.97 Å². The van der Waals surface area contributed by atoms with Gasteiger partial charge in [-0.3, -0.25) is 19.4 Å². The monoisotopic (exact) mass is 379 g/mol. The Bertz CT molecular complexity index is 585. The Morgan fingerprint density at radius 2 is 1.96 bits per heavy atom. The van der Waals surface area contributed by atoms with E-state index in [1.165, 1.54) is 4.88 Å². The van der Waals surface area contributed by atoms with Gasteiger partial charge in [0.05, 0.1) is 19.1 Å². The van der Waals surface area contributed by atoms with Crippen molar-refractivity contribution in [1.82, 2.24) is 14.7 Å². The number of carbonyl (C=O) groups is 2. The average molecular weight is 380 g/mol. The maximum absolute atomic E-state index is 12.7. The molecule has 2 fully saturated rings. The fourth-order valence-electron chi connectivity index (χ4n) is 3.68. The normalized spacial score (nSPS) is 22.3. The minimum absolute atomic E-state index is 0.144. The van der Waals surface area contributed by atoms with Crippen LogP contribution in [0.15, 0.2) is 17.5 Å². The summed E-state index contributed by atoms with van der Waals surface area (Å²) >= 11 is 1.80. The van der Waals surface area contributed by atoms with E-state index in [2.05, 4.69) is 27.3 Å². The number of rotatable bonds is 6. The molecule has 0 N–H and O–H groups in total. The Hall–Kier alpha value is -1.44. The predicted octanol–water partition coefficient (Wildman–Crippen LogP) is 1.67. The summed E-state index contributed by atoms with van der Waals surface area (Å²) in [5.74, 6) is -0.173. The second-order valence-electron chi connectivity index (χ2n) is 7.06. The zero-order valence-corrected chi connectivity index (χ0v) is 16.4. The van der Waals surface area contributed by atoms with Crippen molar-refractivity contribution in [2.24, 2.45) is 5.92 Å². The van der Waals surface area contributed by atoms with E-state index in [-0.39, 0.29) is 17.8 Å². The van der Waals surface area contributed by atoms with Crippen molar-refractivity contribution in [3.05, 3.63) is 22.4 Å². The van der Waals surface area contributed by atoms with Crippen LogP contribution in [0.5, 0.6) is 0 Å². The molecule has 0 aromatic carbocycles. The van der Waals surface area contributed by atoms with E-state index in [4.69, 9.17) is 4.74 Å². The van der Waals surface area contributed by atoms with Crippen molar-refractivity contribution in [2.45, 2.75) is 26.3 Å². The van der Waals surface area contributed by atoms with Gasteiger partial charge in [0.25, 0.3) is 0 Å². The molecule has 6 nitrogen and oxygen atoms in total. The maximum atomic E-state index is 12.7. The molecule has 1 aromatic heterocycles. The average Bonchev–Trinajstić information content (AvgIpc) is 3.17. The second-order valence-corrected chi connectivity index (χ2v) is 8.09. The van der Waals surface area contributed by atoms with Crippen LogP contribution < -0.4 is 0 Å². The number of nitrogens with zero attached hydrogens (tertiary/aromatic N) is 3. The van der Waals surface area contributed by atoms with Crippen molar-refractivity contribution in [1.29, 1.82) is 0 Å². The van der Waals surface area contributed by atoms with Crippen molar-refractivity contribution in [2.75, 3.05) is 52.4 Å². The fraction of sp³-hybridized carbons (Fsp3) is 0.684. The molecule has 2 saturated heterocycles. The summed E-state index contributed by atoms with van der Waals surface area (Å²) in [6.07, 6.45) is 1.70. The van der Waals surface area contributed by atoms with Crippen LogP contribution in [0.4, 0.5) is 0 Å². The minimum Gasteiger partial charge on any atom is -0.466 e. The number of piperidine rings is 1. The zero-order chi connectivity index (χ0) is 18.4. The molecule has 0 bridgehead atoms. The van der Waals surface area contributed by atoms with Gasteiger partial charge in [0.15, 0.2) is 0 Å². The molecule has 1 aromatic rings. The molecule has 1 unspecified atom stereocenters. The molecular formula is C19H29N3O3S. The Kier molecular flexibility index (Phi) is 7.05. The van der Waals surface area contributed by atoms with E-state index in [9.17, 15) is 9.59 Å². The molecule has 1 amide bonds. The third-order valence-electron chi connectivity index (χ3n) is 5.18. The number of thiophene rings is 1. The second kappa shape index (κ2) is 9.48. The first-order valence-corrected chi connectivity index (χ1v) is 10.4. The number of amides is 1. The highest BCUT2D eigenvalue weighted by atomic mass is 32.1. The fourth-order valence-corrected chi connectivity index (χ4v) is 4.42. The molecule has 0 saturated carbocycles. The lowest BCUT2D eigenvalue weighted by Crippen LogP contribution is -2.51. The van der Waals surface area contributed by atoms with Crippen LogP contribution in [0.1, 0.15) is 24.6 Å². The number of hydrogen-bond donors (Lipinski definition) is 0. The molecule has 7 heteroatoms. The van der Waals surface area contributed by atoms with E-state index in [1.807, 2.05) is 11.8 Å². The van der Waals surface area contributed by atoms with Crippen LogP contribution in [0.3, 0.4) is 0 Å². The van der Waals surface area contributed by atoms with E-state index in [0.717, 1.165) is 52.1 Å². The van der Waals surface area contributed by atoms with Crippen LogP contribution in [0, 0.1) is 5.92 Å². The lowest BCUT2D eigenvalue weighted by atomic mass is 9.98. The van der Waals surface area contributed by atoms with Crippen LogP contribution in [0.25, 0.3) is 0 Å². The molecule has 2 aliphatic rings. The minimum atomic E-state index is -0.160. The molecular weight excluding hydrogens is 350 g/mol. The highest BCUT2D eigenvalue weighted by molar-refractivity contribution is 7.09. The van der Waals surface area contributed by atoms with E-state index < -0.39 is 0 Å². The first-order chi connectivity index (χ1) is 12.7. The molecule has 3 rings (SSSR count). The van der Waals surface area contributed by atoms with E-state index in [0.29, 0.717) is 19.7 Å². The molecule has 3 heterocycles. The number of likely N-dealkylation sites (tertiary alicyclic amines) is 1. The van der Waals surface area contributed by atoms with Crippen LogP contribution in [0.2, 0.25) is 0 Å². The van der Waals surface area contributed by atoms with Gasteiger partial charge in [-0.2, -0.15) is 0 Å². The van der Waals surface area contributed by atoms with Crippen molar-refractivity contribution < 1.29 is 14.3 Å². The number of piperazine rings is 1. The summed E-state index contributed by atoms with van der Waals surface area (Å²) < 4.78 is 5.12. The van der Waals surface area contributed by atoms with Gasteiger partial charge in [-0.05, 0) is 31.2 Å². The third-order valence-corrected chi connectivity index (χ3v) is 6.04. The quantitative estimate of drug-likeness (QED) is 0.704. The zero-order valence-electron chi connectivity index (χ0n) is 15.6. The first-order valence-electron chi connectivity index (χ1n) is 9.57. The van der Waals surface area contributed by atoms with E-state index in [1.54, 1.807) is 11.3 Å². The first kappa shape index (κ1) is 19.3. The van der Waals surface area contributed by atoms with Crippen molar-refractivity contribution in [3.63, 3.8) is 0 Å². The summed E-state index contributed by atoms with van der Waals surface area (Å²) in [7, 11) is 0. The van der Waals surface area contributed by atoms with Gasteiger partial charge in [0.1, 0.15) is 0 Å². The van der Waals surface area contributed by atoms with Gasteiger partial charge in [-0.15, -0.1) is 11.3 Å². The Morgan fingerprint density at radius 3 is 2.65 bits per heavy atom. The van der Waals surface area contributed by atoms with Gasteiger partial charge in [-0.25, -0.2) is 0 Å². The van der Waals surface area contributed by atoms with Gasteiger partial charge < -0.3 is 9.64 Å². The topological polar surface area (TPSA) is 53.1 Å². The van der Waals surface area contributed by atoms with Gasteiger partial charge in [-0.1, -0.05) is 6.07 Å². The molecule has 2 aliphatic heterocycles. The summed E-state index contributed by atoms with van der Waals surface area (Å²) in [6.45, 7) is 8.80. The number of esters is 1. The van der Waals surface area contributed by atoms with Crippen molar-refractivity contribution in [3.8, 4) is 0 Å². The molecule has 0 spiro atoms. The maximum Gasteiger partial charge on any atom is 0.310 e. The number of carbonyl (C=O) groups excluding carboxylic acids is 2. The lowest BCUT2D eigenvalue weighted by molar-refractivity contribution is -0.151. The largest absolute Gasteiger partial charge is 0.466 e. The molecule has 144 valence electrons. The SMILES string of the molecule is CCOC(=O)C1CCCN(C(=O)CN2CCN(Cc3cccs3)CC2)C1. The van der Waals surface area contributed by atoms with E-state index >= 15 is 0 Å². The molecule has 1 atom stereocenters. The highest BCUT2D eigenvalue weighted by Gasteiger charge is 2.30. The Balaban J connectivity index is 1.41. The highest BCUT2D eigenvalue weighted by Crippen LogP contribution is 2.19. The summed E-state index contributed by atoms with van der Waals surface area (Å²) in [5, 5.41) is 2.12. The third kappa shape index (κ3) is 5.28. The molecule has 0 aliphatic carbocycles. The standard InChI is InChI=1S/C19H29N3O3S/c1-2-25-19(24)16-5-3-7-22(13-16)18(23)15-21-10-8-20(9-11-21)14-17-6-4-12-26-17/h4,6,12,16H,2-3,5,7-11,13-15H2,1H3. The van der Waals surface area contributed by atoms with Crippen molar-refractivity contribution >= 4 is 23.2 Å². The van der Waals surface area contributed by atoms with Crippen LogP contribution >= 0.6 is 11.3 Å². The Morgan fingerprint density at radius 1 is 1.19 bits per heavy atom. The Labute approximate surface area is 159 Å². The molecule has 0 radical (unpaired) electrons. The van der Waals surface area contributed by atoms with Gasteiger partial charge in [0, 0.05) is 50.7 Å². The van der Waals surface area contributed by atoms with Gasteiger partial charge in [0.2, 0.25) is 5.91 Å². The summed E-state index contributed by atoms with van der Waals surface area (Å²) in [4.78, 5) is 32.5. The number of ether oxygens (including phenoxy) is 1. The smallest absolute Gasteiger partial charge is 0.310 e. The summed E-state index contributed by atoms with van der Waals surface area (Å²) in [6, 6.07) is 4.27. The lowest BCUT2D eigenvalue weighted by Gasteiger charge is -2.36. The summed E-state index contributed by atoms with van der Waals surface area (Å²) in [5.41, 5.74) is 0. The van der Waals surface area contributed by atoms with Crippen LogP contribution in [-0.2, 0) is 20.9 Å². The van der Waals surface area contributed by atoms with Crippen LogP contribution in [-0.4, -0.2) is 79.0 Å². The predicted molar refractivity (Wildman–Crippen MR) is 102 cm³/mol. The number of hydrogen-bond acceptors (Lipinski definition) is 6.